The zero-order valence-corrected chi connectivity index (χ0v) is 17.0. The molecule has 0 spiro atoms. The van der Waals surface area contributed by atoms with E-state index in [-0.39, 0.29) is 22.1 Å². The van der Waals surface area contributed by atoms with Gasteiger partial charge < -0.3 is 9.47 Å². The van der Waals surface area contributed by atoms with Gasteiger partial charge in [0.25, 0.3) is 6.29 Å². The summed E-state index contributed by atoms with van der Waals surface area (Å²) in [6.45, 7) is 1.49. The van der Waals surface area contributed by atoms with Crippen LogP contribution in [-0.2, 0) is 24.1 Å². The van der Waals surface area contributed by atoms with Gasteiger partial charge >= 0.3 is 10.1 Å². The monoisotopic (exact) mass is 462 g/mol. The Bertz CT molecular complexity index is 1060. The Morgan fingerprint density at radius 1 is 1.08 bits per heavy atom. The highest BCUT2D eigenvalue weighted by Crippen LogP contribution is 2.35. The molecular weight excluding hydrogens is 448 g/mol. The van der Waals surface area contributed by atoms with Crippen LogP contribution in [0.3, 0.4) is 0 Å². The molecule has 1 atom stereocenters. The normalized spacial score (nSPS) is 17.1. The van der Waals surface area contributed by atoms with E-state index in [0.717, 1.165) is 10.7 Å². The first-order valence-electron chi connectivity index (χ1n) is 7.39. The number of halogens is 1. The summed E-state index contributed by atoms with van der Waals surface area (Å²) in [5, 5.41) is 0. The highest BCUT2D eigenvalue weighted by molar-refractivity contribution is 9.10. The van der Waals surface area contributed by atoms with Gasteiger partial charge in [0, 0.05) is 16.8 Å². The number of rotatable bonds is 4. The maximum Gasteiger partial charge on any atom is 0.300 e. The van der Waals surface area contributed by atoms with Crippen molar-refractivity contribution >= 4 is 35.9 Å². The van der Waals surface area contributed by atoms with Gasteiger partial charge in [-0.2, -0.15) is 8.42 Å². The van der Waals surface area contributed by atoms with Crippen molar-refractivity contribution in [3.63, 3.8) is 0 Å². The molecule has 2 aromatic carbocycles. The van der Waals surface area contributed by atoms with Gasteiger partial charge in [-0.1, -0.05) is 15.9 Å². The van der Waals surface area contributed by atoms with Crippen LogP contribution in [0.1, 0.15) is 5.56 Å². The van der Waals surface area contributed by atoms with Crippen LogP contribution in [0.4, 0.5) is 0 Å². The molecule has 0 amide bonds. The van der Waals surface area contributed by atoms with Crippen LogP contribution < -0.4 is 9.47 Å². The molecule has 3 rings (SSSR count). The summed E-state index contributed by atoms with van der Waals surface area (Å²) in [6.07, 6.45) is -0.168. The number of hydrogen-bond donors (Lipinski definition) is 0. The predicted molar refractivity (Wildman–Crippen MR) is 96.6 cm³/mol. The van der Waals surface area contributed by atoms with E-state index in [0.29, 0.717) is 11.3 Å². The minimum atomic E-state index is -4.09. The maximum atomic E-state index is 12.5. The molecule has 2 aromatic rings. The predicted octanol–water partition coefficient (Wildman–Crippen LogP) is 2.66. The van der Waals surface area contributed by atoms with Crippen molar-refractivity contribution in [1.29, 1.82) is 0 Å². The van der Waals surface area contributed by atoms with Crippen molar-refractivity contribution in [3.05, 3.63) is 46.4 Å². The first-order chi connectivity index (χ1) is 12.1. The Morgan fingerprint density at radius 3 is 2.46 bits per heavy atom. The maximum absolute atomic E-state index is 12.5. The fraction of sp³-hybridized carbons (Fsp3) is 0.250. The second-order valence-electron chi connectivity index (χ2n) is 5.70. The first-order valence-corrected chi connectivity index (χ1v) is 11.5. The lowest BCUT2D eigenvalue weighted by atomic mass is 10.2. The zero-order valence-electron chi connectivity index (χ0n) is 13.8. The summed E-state index contributed by atoms with van der Waals surface area (Å²) in [5.41, 5.74) is 0.510. The molecule has 0 aromatic heterocycles. The number of ether oxygens (including phenoxy) is 2. The Morgan fingerprint density at radius 2 is 1.81 bits per heavy atom. The van der Waals surface area contributed by atoms with Gasteiger partial charge in [0.05, 0.1) is 9.79 Å². The molecule has 140 valence electrons. The molecule has 0 saturated carbocycles. The van der Waals surface area contributed by atoms with E-state index in [1.54, 1.807) is 19.1 Å². The lowest BCUT2D eigenvalue weighted by molar-refractivity contribution is -0.0440. The summed E-state index contributed by atoms with van der Waals surface area (Å²) in [7, 11) is -7.53. The molecule has 0 radical (unpaired) electrons. The number of hydrogen-bond acceptors (Lipinski definition) is 7. The van der Waals surface area contributed by atoms with Crippen LogP contribution in [0.25, 0.3) is 0 Å². The molecule has 0 fully saturated rings. The largest absolute Gasteiger partial charge is 0.483 e. The van der Waals surface area contributed by atoms with E-state index in [1.807, 2.05) is 0 Å². The smallest absolute Gasteiger partial charge is 0.300 e. The van der Waals surface area contributed by atoms with Crippen molar-refractivity contribution in [2.75, 3.05) is 12.9 Å². The minimum absolute atomic E-state index is 0.0139. The summed E-state index contributed by atoms with van der Waals surface area (Å²) >= 11 is 3.27. The fourth-order valence-electron chi connectivity index (χ4n) is 2.40. The molecule has 1 aliphatic rings. The third-order valence-electron chi connectivity index (χ3n) is 3.62. The summed E-state index contributed by atoms with van der Waals surface area (Å²) in [4.78, 5) is 0.0482. The molecule has 0 bridgehead atoms. The quantitative estimate of drug-likeness (QED) is 0.644. The molecule has 0 aliphatic carbocycles. The average molecular weight is 463 g/mol. The van der Waals surface area contributed by atoms with E-state index in [2.05, 4.69) is 15.9 Å². The third-order valence-corrected chi connectivity index (χ3v) is 6.69. The van der Waals surface area contributed by atoms with Crippen LogP contribution in [0.15, 0.2) is 50.7 Å². The minimum Gasteiger partial charge on any atom is -0.483 e. The Kier molecular flexibility index (Phi) is 5.04. The van der Waals surface area contributed by atoms with Crippen molar-refractivity contribution in [2.24, 2.45) is 0 Å². The highest BCUT2D eigenvalue weighted by Gasteiger charge is 2.29. The zero-order chi connectivity index (χ0) is 19.1. The molecule has 7 nitrogen and oxygen atoms in total. The van der Waals surface area contributed by atoms with E-state index < -0.39 is 26.2 Å². The molecule has 0 N–H and O–H groups in total. The second-order valence-corrected chi connectivity index (χ2v) is 10.2. The van der Waals surface area contributed by atoms with Gasteiger partial charge in [0.2, 0.25) is 0 Å². The van der Waals surface area contributed by atoms with Crippen LogP contribution in [0.2, 0.25) is 0 Å². The van der Waals surface area contributed by atoms with Crippen molar-refractivity contribution in [3.8, 4) is 11.5 Å². The van der Waals surface area contributed by atoms with Gasteiger partial charge in [0.15, 0.2) is 27.9 Å². The highest BCUT2D eigenvalue weighted by atomic mass is 79.9. The fourth-order valence-corrected chi connectivity index (χ4v) is 4.68. The van der Waals surface area contributed by atoms with Crippen LogP contribution >= 0.6 is 15.9 Å². The van der Waals surface area contributed by atoms with Crippen LogP contribution in [-0.4, -0.2) is 36.0 Å². The first kappa shape index (κ1) is 19.2. The summed E-state index contributed by atoms with van der Waals surface area (Å²) in [5.74, 6) is 0.418. The molecule has 10 heteroatoms. The average Bonchev–Trinajstić information content (AvgIpc) is 2.52. The summed E-state index contributed by atoms with van der Waals surface area (Å²) in [6, 6.07) is 8.79. The van der Waals surface area contributed by atoms with Gasteiger partial charge in [-0.05, 0) is 42.8 Å². The SMILES string of the molecule is Cc1cc(Br)ccc1S(=O)(=O)OC1COc2ccc(S(C)(=O)=O)cc2O1. The molecule has 1 unspecified atom stereocenters. The van der Waals surface area contributed by atoms with E-state index >= 15 is 0 Å². The molecule has 1 aliphatic heterocycles. The molecule has 26 heavy (non-hydrogen) atoms. The van der Waals surface area contributed by atoms with Gasteiger partial charge in [-0.25, -0.2) is 12.6 Å². The number of aryl methyl sites for hydroxylation is 1. The van der Waals surface area contributed by atoms with Crippen molar-refractivity contribution < 1.29 is 30.5 Å². The lowest BCUT2D eigenvalue weighted by Crippen LogP contribution is -2.34. The number of benzene rings is 2. The van der Waals surface area contributed by atoms with Crippen LogP contribution in [0, 0.1) is 6.92 Å². The molecule has 1 heterocycles. The summed E-state index contributed by atoms with van der Waals surface area (Å²) < 4.78 is 65.1. The Hall–Kier alpha value is -1.62. The lowest BCUT2D eigenvalue weighted by Gasteiger charge is -2.26. The Labute approximate surface area is 160 Å². The van der Waals surface area contributed by atoms with Gasteiger partial charge in [-0.15, -0.1) is 0 Å². The van der Waals surface area contributed by atoms with Gasteiger partial charge in [-0.3, -0.25) is 0 Å². The standard InChI is InChI=1S/C16H15BrO7S2/c1-10-7-11(17)3-6-15(10)26(20,21)24-16-9-22-13-5-4-12(25(2,18)19)8-14(13)23-16/h3-8,16H,9H2,1-2H3. The Balaban J connectivity index is 1.84. The number of fused-ring (bicyclic) bond motifs is 1. The van der Waals surface area contributed by atoms with E-state index in [4.69, 9.17) is 13.7 Å². The molecule has 0 saturated heterocycles. The van der Waals surface area contributed by atoms with Gasteiger partial charge in [0.1, 0.15) is 0 Å². The van der Waals surface area contributed by atoms with Crippen molar-refractivity contribution in [1.82, 2.24) is 0 Å². The second kappa shape index (κ2) is 6.84. The number of sulfone groups is 1. The van der Waals surface area contributed by atoms with E-state index in [9.17, 15) is 16.8 Å². The van der Waals surface area contributed by atoms with Crippen molar-refractivity contribution in [2.45, 2.75) is 23.0 Å². The van der Waals surface area contributed by atoms with E-state index in [1.165, 1.54) is 24.3 Å². The topological polar surface area (TPSA) is 96.0 Å². The van der Waals surface area contributed by atoms with Crippen LogP contribution in [0.5, 0.6) is 11.5 Å². The molecular formula is C16H15BrO7S2. The third kappa shape index (κ3) is 4.03.